The number of sulfone groups is 1. The number of nitrogens with zero attached hydrogens (tertiary/aromatic N) is 1. The Hall–Kier alpha value is -4.23. The summed E-state index contributed by atoms with van der Waals surface area (Å²) in [5.74, 6) is -3.14. The molecule has 3 aromatic carbocycles. The van der Waals surface area contributed by atoms with Gasteiger partial charge in [-0.25, -0.2) is 22.4 Å². The van der Waals surface area contributed by atoms with E-state index in [-0.39, 0.29) is 28.3 Å². The van der Waals surface area contributed by atoms with E-state index in [0.29, 0.717) is 17.5 Å². The number of anilines is 1. The number of nitrogens with one attached hydrogen (secondary N) is 1. The normalized spacial score (nSPS) is 12.7. The zero-order valence-corrected chi connectivity index (χ0v) is 21.0. The van der Waals surface area contributed by atoms with Gasteiger partial charge in [-0.3, -0.25) is 0 Å². The fraction of sp³-hybridized carbons (Fsp3) is 0.222. The molecule has 0 saturated carbocycles. The monoisotopic (exact) mass is 524 g/mol. The second-order valence-electron chi connectivity index (χ2n) is 8.33. The Bertz CT molecular complexity index is 1430. The molecule has 0 bridgehead atoms. The Morgan fingerprint density at radius 2 is 1.73 bits per heavy atom. The van der Waals surface area contributed by atoms with Crippen LogP contribution in [-0.2, 0) is 9.84 Å². The maximum Gasteiger partial charge on any atom is 0.344 e. The molecule has 0 fully saturated rings. The largest absolute Gasteiger partial charge is 0.478 e. The molecule has 0 aromatic heterocycles. The Kier molecular flexibility index (Phi) is 8.63. The van der Waals surface area contributed by atoms with Crippen LogP contribution in [0.25, 0.3) is 0 Å². The molecule has 3 aromatic rings. The van der Waals surface area contributed by atoms with Crippen molar-refractivity contribution in [3.63, 3.8) is 0 Å². The quantitative estimate of drug-likeness (QED) is 0.280. The molecule has 10 heteroatoms. The molecule has 192 valence electrons. The average molecular weight is 525 g/mol. The van der Waals surface area contributed by atoms with Gasteiger partial charge in [-0.15, -0.1) is 0 Å². The predicted molar refractivity (Wildman–Crippen MR) is 136 cm³/mol. The molecule has 0 heterocycles. The highest BCUT2D eigenvalue weighted by molar-refractivity contribution is 7.91. The lowest BCUT2D eigenvalue weighted by molar-refractivity contribution is 0.0668. The molecular weight excluding hydrogens is 499 g/mol. The van der Waals surface area contributed by atoms with Crippen molar-refractivity contribution in [1.82, 2.24) is 0 Å². The Morgan fingerprint density at radius 3 is 2.30 bits per heavy atom. The van der Waals surface area contributed by atoms with Gasteiger partial charge in [-0.1, -0.05) is 25.1 Å². The van der Waals surface area contributed by atoms with Crippen LogP contribution < -0.4 is 10.1 Å². The molecule has 0 amide bonds. The fourth-order valence-corrected chi connectivity index (χ4v) is 5.42. The highest BCUT2D eigenvalue weighted by Gasteiger charge is 2.28. The van der Waals surface area contributed by atoms with E-state index in [1.165, 1.54) is 30.3 Å². The van der Waals surface area contributed by atoms with Crippen molar-refractivity contribution < 1.29 is 32.2 Å². The number of carbonyl (C=O) groups excluding carboxylic acids is 1. The van der Waals surface area contributed by atoms with E-state index in [4.69, 9.17) is 10.00 Å². The summed E-state index contributed by atoms with van der Waals surface area (Å²) in [6.45, 7) is 3.31. The van der Waals surface area contributed by atoms with Crippen LogP contribution in [0.2, 0.25) is 0 Å². The summed E-state index contributed by atoms with van der Waals surface area (Å²) in [6, 6.07) is 16.5. The average Bonchev–Trinajstić information content (AvgIpc) is 2.88. The van der Waals surface area contributed by atoms with E-state index in [9.17, 15) is 27.5 Å². The highest BCUT2D eigenvalue weighted by Crippen LogP contribution is 2.27. The van der Waals surface area contributed by atoms with Gasteiger partial charge < -0.3 is 15.2 Å². The number of rotatable bonds is 10. The van der Waals surface area contributed by atoms with Crippen LogP contribution in [0.1, 0.15) is 57.4 Å². The van der Waals surface area contributed by atoms with E-state index in [1.807, 2.05) is 6.07 Å². The van der Waals surface area contributed by atoms with Crippen molar-refractivity contribution in [2.24, 2.45) is 0 Å². The molecule has 0 spiro atoms. The fourth-order valence-electron chi connectivity index (χ4n) is 3.68. The van der Waals surface area contributed by atoms with Crippen LogP contribution in [0.4, 0.5) is 10.1 Å². The molecule has 0 radical (unpaired) electrons. The van der Waals surface area contributed by atoms with Gasteiger partial charge >= 0.3 is 11.9 Å². The van der Waals surface area contributed by atoms with E-state index in [1.54, 1.807) is 38.1 Å². The topological polar surface area (TPSA) is 134 Å². The lowest BCUT2D eigenvalue weighted by Crippen LogP contribution is -2.31. The third kappa shape index (κ3) is 6.71. The first-order valence-electron chi connectivity index (χ1n) is 11.4. The summed E-state index contributed by atoms with van der Waals surface area (Å²) in [5, 5.41) is 20.9. The van der Waals surface area contributed by atoms with Gasteiger partial charge in [0.05, 0.1) is 33.8 Å². The molecule has 2 N–H and O–H groups in total. The summed E-state index contributed by atoms with van der Waals surface area (Å²) in [6.07, 6.45) is 0.350. The SMILES string of the molecule is CCC(CS(=O)(=O)C(C)c1ccc(C#N)cc1)Nc1cccc(C(=O)Oc2ccc(F)cc2)c1C(=O)O. The lowest BCUT2D eigenvalue weighted by atomic mass is 10.0. The molecule has 0 saturated heterocycles. The molecule has 0 aliphatic rings. The van der Waals surface area contributed by atoms with Crippen molar-refractivity contribution in [2.45, 2.75) is 31.6 Å². The van der Waals surface area contributed by atoms with Gasteiger partial charge in [0.1, 0.15) is 11.6 Å². The van der Waals surface area contributed by atoms with Crippen molar-refractivity contribution in [3.8, 4) is 11.8 Å². The second kappa shape index (κ2) is 11.7. The van der Waals surface area contributed by atoms with Crippen LogP contribution in [-0.4, -0.2) is 37.3 Å². The molecule has 37 heavy (non-hydrogen) atoms. The van der Waals surface area contributed by atoms with Crippen LogP contribution in [0.15, 0.2) is 66.7 Å². The van der Waals surface area contributed by atoms with E-state index in [2.05, 4.69) is 5.32 Å². The molecule has 2 unspecified atom stereocenters. The predicted octanol–water partition coefficient (Wildman–Crippen LogP) is 4.98. The van der Waals surface area contributed by atoms with Crippen molar-refractivity contribution in [1.29, 1.82) is 5.26 Å². The van der Waals surface area contributed by atoms with Crippen LogP contribution in [0.3, 0.4) is 0 Å². The first-order chi connectivity index (χ1) is 17.6. The highest BCUT2D eigenvalue weighted by atomic mass is 32.2. The van der Waals surface area contributed by atoms with Gasteiger partial charge in [-0.05, 0) is 67.4 Å². The maximum absolute atomic E-state index is 13.1. The third-order valence-electron chi connectivity index (χ3n) is 5.86. The number of nitriles is 1. The number of benzene rings is 3. The number of carboxylic acid groups (broad SMARTS) is 1. The molecule has 0 aliphatic heterocycles. The summed E-state index contributed by atoms with van der Waals surface area (Å²) in [7, 11) is -3.68. The summed E-state index contributed by atoms with van der Waals surface area (Å²) < 4.78 is 44.6. The van der Waals surface area contributed by atoms with Gasteiger partial charge in [0, 0.05) is 11.7 Å². The minimum atomic E-state index is -3.68. The second-order valence-corrected chi connectivity index (χ2v) is 10.7. The maximum atomic E-state index is 13.1. The van der Waals surface area contributed by atoms with Gasteiger partial charge in [-0.2, -0.15) is 5.26 Å². The minimum Gasteiger partial charge on any atom is -0.478 e. The lowest BCUT2D eigenvalue weighted by Gasteiger charge is -2.23. The Balaban J connectivity index is 1.84. The van der Waals surface area contributed by atoms with Crippen LogP contribution >= 0.6 is 0 Å². The Morgan fingerprint density at radius 1 is 1.08 bits per heavy atom. The van der Waals surface area contributed by atoms with E-state index >= 15 is 0 Å². The van der Waals surface area contributed by atoms with E-state index < -0.39 is 38.9 Å². The van der Waals surface area contributed by atoms with Crippen LogP contribution in [0, 0.1) is 17.1 Å². The van der Waals surface area contributed by atoms with Gasteiger partial charge in [0.15, 0.2) is 9.84 Å². The van der Waals surface area contributed by atoms with Crippen molar-refractivity contribution >= 4 is 27.5 Å². The number of carboxylic acids is 1. The molecule has 3 rings (SSSR count). The molecule has 2 atom stereocenters. The molecule has 0 aliphatic carbocycles. The number of halogens is 1. The number of hydrogen-bond donors (Lipinski definition) is 2. The Labute approximate surface area is 214 Å². The number of ether oxygens (including phenoxy) is 1. The number of esters is 1. The van der Waals surface area contributed by atoms with Crippen LogP contribution in [0.5, 0.6) is 5.75 Å². The molecule has 8 nitrogen and oxygen atoms in total. The summed E-state index contributed by atoms with van der Waals surface area (Å²) >= 11 is 0. The van der Waals surface area contributed by atoms with Crippen molar-refractivity contribution in [3.05, 3.63) is 94.8 Å². The third-order valence-corrected chi connectivity index (χ3v) is 8.07. The summed E-state index contributed by atoms with van der Waals surface area (Å²) in [5.41, 5.74) is 0.399. The number of aromatic carboxylic acids is 1. The van der Waals surface area contributed by atoms with Crippen molar-refractivity contribution in [2.75, 3.05) is 11.1 Å². The van der Waals surface area contributed by atoms with Gasteiger partial charge in [0.25, 0.3) is 0 Å². The zero-order valence-electron chi connectivity index (χ0n) is 20.1. The first-order valence-corrected chi connectivity index (χ1v) is 13.1. The molecular formula is C27H25FN2O6S. The standard InChI is InChI=1S/C27H25FN2O6S/c1-3-21(16-37(34,35)17(2)19-9-7-18(15-29)8-10-19)30-24-6-4-5-23(25(24)26(31)32)27(33)36-22-13-11-20(28)12-14-22/h4-14,17,21,30H,3,16H2,1-2H3,(H,31,32). The smallest absolute Gasteiger partial charge is 0.344 e. The summed E-state index contributed by atoms with van der Waals surface area (Å²) in [4.78, 5) is 24.8. The zero-order chi connectivity index (χ0) is 27.2. The number of carbonyl (C=O) groups is 2. The first kappa shape index (κ1) is 27.4. The van der Waals surface area contributed by atoms with Gasteiger partial charge in [0.2, 0.25) is 0 Å². The van der Waals surface area contributed by atoms with E-state index in [0.717, 1.165) is 12.1 Å². The number of hydrogen-bond acceptors (Lipinski definition) is 7. The minimum absolute atomic E-state index is 0.0374.